The largest absolute Gasteiger partial charge is 0.478 e. The Balaban J connectivity index is 1.79. The van der Waals surface area contributed by atoms with Gasteiger partial charge in [-0.25, -0.2) is 18.6 Å². The summed E-state index contributed by atoms with van der Waals surface area (Å²) in [6.07, 6.45) is 1.31. The van der Waals surface area contributed by atoms with E-state index in [2.05, 4.69) is 10.3 Å². The summed E-state index contributed by atoms with van der Waals surface area (Å²) in [5.41, 5.74) is -0.388. The zero-order valence-electron chi connectivity index (χ0n) is 21.5. The molecule has 0 unspecified atom stereocenters. The van der Waals surface area contributed by atoms with Gasteiger partial charge in [0.2, 0.25) is 0 Å². The summed E-state index contributed by atoms with van der Waals surface area (Å²) >= 11 is 0. The predicted octanol–water partition coefficient (Wildman–Crippen LogP) is 5.47. The molecule has 0 atom stereocenters. The van der Waals surface area contributed by atoms with Crippen LogP contribution in [-0.4, -0.2) is 33.1 Å². The summed E-state index contributed by atoms with van der Waals surface area (Å²) in [4.78, 5) is 42.6. The Bertz CT molecular complexity index is 1590. The highest BCUT2D eigenvalue weighted by Gasteiger charge is 2.27. The standard InChI is InChI=1S/C29H26F2N4O4/c1-17(2)15-35(27(36)18-7-5-4-6-8-18)25-22(30)14-13-21(24(25)31)23-16-34(3)28(37)26(33-23)32-20-11-9-19(10-12-20)29(38)39/h4-14,16-17H,15H2,1-3H3,(H,32,33)(H,38,39). The van der Waals surface area contributed by atoms with Gasteiger partial charge in [0.1, 0.15) is 11.5 Å². The van der Waals surface area contributed by atoms with Crippen LogP contribution in [-0.2, 0) is 7.05 Å². The van der Waals surface area contributed by atoms with Gasteiger partial charge in [-0.2, -0.15) is 0 Å². The molecule has 0 fully saturated rings. The van der Waals surface area contributed by atoms with E-state index in [-0.39, 0.29) is 40.7 Å². The summed E-state index contributed by atoms with van der Waals surface area (Å²) < 4.78 is 32.4. The van der Waals surface area contributed by atoms with Crippen molar-refractivity contribution in [2.75, 3.05) is 16.8 Å². The molecule has 0 saturated carbocycles. The van der Waals surface area contributed by atoms with Gasteiger partial charge < -0.3 is 19.9 Å². The lowest BCUT2D eigenvalue weighted by atomic mass is 10.1. The van der Waals surface area contributed by atoms with E-state index < -0.39 is 34.8 Å². The minimum Gasteiger partial charge on any atom is -0.478 e. The Kier molecular flexibility index (Phi) is 7.85. The summed E-state index contributed by atoms with van der Waals surface area (Å²) in [6.45, 7) is 3.73. The number of carboxylic acids is 1. The molecule has 0 aliphatic carbocycles. The number of nitrogens with zero attached hydrogens (tertiary/aromatic N) is 3. The number of carboxylic acid groups (broad SMARTS) is 1. The van der Waals surface area contributed by atoms with Crippen molar-refractivity contribution in [1.29, 1.82) is 0 Å². The van der Waals surface area contributed by atoms with Gasteiger partial charge in [0.05, 0.1) is 11.3 Å². The molecular weight excluding hydrogens is 506 g/mol. The number of anilines is 3. The van der Waals surface area contributed by atoms with Gasteiger partial charge in [-0.15, -0.1) is 0 Å². The molecule has 0 saturated heterocycles. The minimum atomic E-state index is -1.10. The van der Waals surface area contributed by atoms with Gasteiger partial charge in [-0.1, -0.05) is 32.0 Å². The Morgan fingerprint density at radius 2 is 1.67 bits per heavy atom. The Morgan fingerprint density at radius 1 is 1.00 bits per heavy atom. The monoisotopic (exact) mass is 532 g/mol. The molecule has 2 N–H and O–H groups in total. The number of amides is 1. The molecule has 0 bridgehead atoms. The molecular formula is C29H26F2N4O4. The van der Waals surface area contributed by atoms with Crippen LogP contribution in [0.2, 0.25) is 0 Å². The molecule has 3 aromatic carbocycles. The SMILES string of the molecule is CC(C)CN(C(=O)c1ccccc1)c1c(F)ccc(-c2cn(C)c(=O)c(Nc3ccc(C(=O)O)cc3)n2)c1F. The van der Waals surface area contributed by atoms with Crippen molar-refractivity contribution in [3.8, 4) is 11.3 Å². The van der Waals surface area contributed by atoms with E-state index in [4.69, 9.17) is 5.11 Å². The minimum absolute atomic E-state index is 0.0252. The van der Waals surface area contributed by atoms with Gasteiger partial charge in [0.25, 0.3) is 11.5 Å². The smallest absolute Gasteiger partial charge is 0.335 e. The molecule has 4 rings (SSSR count). The van der Waals surface area contributed by atoms with Crippen LogP contribution < -0.4 is 15.8 Å². The molecule has 1 amide bonds. The third kappa shape index (κ3) is 5.85. The number of aromatic carboxylic acids is 1. The average Bonchev–Trinajstić information content (AvgIpc) is 2.91. The van der Waals surface area contributed by atoms with Crippen LogP contribution in [0.5, 0.6) is 0 Å². The number of carbonyl (C=O) groups is 2. The lowest BCUT2D eigenvalue weighted by Crippen LogP contribution is -2.35. The van der Waals surface area contributed by atoms with Crippen molar-refractivity contribution in [3.63, 3.8) is 0 Å². The van der Waals surface area contributed by atoms with Crippen LogP contribution in [0.4, 0.5) is 26.0 Å². The number of halogens is 2. The molecule has 0 aliphatic heterocycles. The highest BCUT2D eigenvalue weighted by Crippen LogP contribution is 2.33. The highest BCUT2D eigenvalue weighted by atomic mass is 19.1. The number of benzene rings is 3. The lowest BCUT2D eigenvalue weighted by Gasteiger charge is -2.26. The van der Waals surface area contributed by atoms with Crippen LogP contribution in [0, 0.1) is 17.6 Å². The van der Waals surface area contributed by atoms with Gasteiger partial charge in [-0.05, 0) is 54.4 Å². The van der Waals surface area contributed by atoms with Crippen molar-refractivity contribution in [2.24, 2.45) is 13.0 Å². The lowest BCUT2D eigenvalue weighted by molar-refractivity contribution is 0.0696. The zero-order chi connectivity index (χ0) is 28.3. The van der Waals surface area contributed by atoms with Gasteiger partial charge >= 0.3 is 5.97 Å². The number of aryl methyl sites for hydroxylation is 1. The number of hydrogen-bond donors (Lipinski definition) is 2. The number of aromatic nitrogens is 2. The van der Waals surface area contributed by atoms with Crippen molar-refractivity contribution < 1.29 is 23.5 Å². The fourth-order valence-electron chi connectivity index (χ4n) is 4.01. The first kappa shape index (κ1) is 27.2. The van der Waals surface area contributed by atoms with Crippen LogP contribution >= 0.6 is 0 Å². The second kappa shape index (κ2) is 11.3. The molecule has 1 aromatic heterocycles. The van der Waals surface area contributed by atoms with Gasteiger partial charge in [0, 0.05) is 36.6 Å². The number of carbonyl (C=O) groups excluding carboxylic acids is 1. The van der Waals surface area contributed by atoms with E-state index in [9.17, 15) is 14.4 Å². The predicted molar refractivity (Wildman–Crippen MR) is 144 cm³/mol. The van der Waals surface area contributed by atoms with Gasteiger partial charge in [0.15, 0.2) is 11.6 Å². The first-order valence-corrected chi connectivity index (χ1v) is 12.1. The second-order valence-corrected chi connectivity index (χ2v) is 9.33. The molecule has 0 aliphatic rings. The fourth-order valence-corrected chi connectivity index (χ4v) is 4.01. The molecule has 8 nitrogen and oxygen atoms in total. The number of rotatable bonds is 8. The Morgan fingerprint density at radius 3 is 2.28 bits per heavy atom. The zero-order valence-corrected chi connectivity index (χ0v) is 21.5. The van der Waals surface area contributed by atoms with Crippen LogP contribution in [0.3, 0.4) is 0 Å². The van der Waals surface area contributed by atoms with Gasteiger partial charge in [-0.3, -0.25) is 9.59 Å². The molecule has 39 heavy (non-hydrogen) atoms. The van der Waals surface area contributed by atoms with Crippen molar-refractivity contribution in [1.82, 2.24) is 9.55 Å². The van der Waals surface area contributed by atoms with E-state index in [0.717, 1.165) is 11.0 Å². The maximum Gasteiger partial charge on any atom is 0.335 e. The Labute approximate surface area is 223 Å². The highest BCUT2D eigenvalue weighted by molar-refractivity contribution is 6.06. The summed E-state index contributed by atoms with van der Waals surface area (Å²) in [6, 6.07) is 16.1. The Hall–Kier alpha value is -4.86. The molecule has 0 spiro atoms. The topological polar surface area (TPSA) is 105 Å². The van der Waals surface area contributed by atoms with E-state index in [1.54, 1.807) is 30.3 Å². The molecule has 0 radical (unpaired) electrons. The fraction of sp³-hybridized carbons (Fsp3) is 0.172. The van der Waals surface area contributed by atoms with E-state index in [1.807, 2.05) is 13.8 Å². The first-order valence-electron chi connectivity index (χ1n) is 12.1. The second-order valence-electron chi connectivity index (χ2n) is 9.33. The average molecular weight is 533 g/mol. The summed E-state index contributed by atoms with van der Waals surface area (Å²) in [5, 5.41) is 11.9. The molecule has 1 heterocycles. The van der Waals surface area contributed by atoms with Crippen molar-refractivity contribution in [3.05, 3.63) is 106 Å². The van der Waals surface area contributed by atoms with Crippen LogP contribution in [0.25, 0.3) is 11.3 Å². The summed E-state index contributed by atoms with van der Waals surface area (Å²) in [5.74, 6) is -3.81. The molecule has 200 valence electrons. The van der Waals surface area contributed by atoms with E-state index >= 15 is 8.78 Å². The number of hydrogen-bond acceptors (Lipinski definition) is 5. The van der Waals surface area contributed by atoms with Crippen LogP contribution in [0.15, 0.2) is 77.7 Å². The molecule has 10 heteroatoms. The number of nitrogens with one attached hydrogen (secondary N) is 1. The maximum atomic E-state index is 16.1. The maximum absolute atomic E-state index is 16.1. The normalized spacial score (nSPS) is 10.9. The quantitative estimate of drug-likeness (QED) is 0.312. The first-order chi connectivity index (χ1) is 18.6. The van der Waals surface area contributed by atoms with Crippen LogP contribution in [0.1, 0.15) is 34.6 Å². The van der Waals surface area contributed by atoms with Crippen molar-refractivity contribution >= 4 is 29.1 Å². The third-order valence-electron chi connectivity index (χ3n) is 5.89. The summed E-state index contributed by atoms with van der Waals surface area (Å²) in [7, 11) is 1.46. The van der Waals surface area contributed by atoms with E-state index in [1.165, 1.54) is 48.1 Å². The third-order valence-corrected chi connectivity index (χ3v) is 5.89. The van der Waals surface area contributed by atoms with E-state index in [0.29, 0.717) is 5.69 Å². The molecule has 4 aromatic rings. The van der Waals surface area contributed by atoms with Crippen molar-refractivity contribution in [2.45, 2.75) is 13.8 Å².